The van der Waals surface area contributed by atoms with Gasteiger partial charge in [0.05, 0.1) is 5.69 Å². The Morgan fingerprint density at radius 3 is 2.35 bits per heavy atom. The Balaban J connectivity index is 2.08. The lowest BCUT2D eigenvalue weighted by atomic mass is 10.0. The fraction of sp³-hybridized carbons (Fsp3) is 0.429. The van der Waals surface area contributed by atoms with Crippen molar-refractivity contribution in [2.75, 3.05) is 18.0 Å². The van der Waals surface area contributed by atoms with Gasteiger partial charge in [0, 0.05) is 36.3 Å². The first-order valence-electron chi connectivity index (χ1n) is 9.78. The number of rotatable bonds is 7. The number of aromatic nitrogens is 2. The highest BCUT2D eigenvalue weighted by Crippen LogP contribution is 2.34. The Bertz CT molecular complexity index is 940. The predicted molar refractivity (Wildman–Crippen MR) is 107 cm³/mol. The molecule has 0 unspecified atom stereocenters. The van der Waals surface area contributed by atoms with Gasteiger partial charge in [-0.05, 0) is 44.5 Å². The molecule has 2 heterocycles. The number of nitrogens with zero attached hydrogens (tertiary/aromatic N) is 3. The Kier molecular flexibility index (Phi) is 6.78. The molecule has 1 N–H and O–H groups in total. The van der Waals surface area contributed by atoms with Gasteiger partial charge in [0.25, 0.3) is 0 Å². The molecule has 1 fully saturated rings. The van der Waals surface area contributed by atoms with Crippen molar-refractivity contribution in [3.8, 4) is 17.0 Å². The van der Waals surface area contributed by atoms with Crippen molar-refractivity contribution >= 4 is 5.82 Å². The third kappa shape index (κ3) is 5.49. The van der Waals surface area contributed by atoms with E-state index in [1.807, 2.05) is 6.92 Å². The van der Waals surface area contributed by atoms with Crippen LogP contribution in [0.1, 0.15) is 37.6 Å². The molecule has 0 aliphatic carbocycles. The summed E-state index contributed by atoms with van der Waals surface area (Å²) in [5.41, 5.74) is 2.02. The van der Waals surface area contributed by atoms with Crippen LogP contribution in [0.15, 0.2) is 36.0 Å². The zero-order chi connectivity index (χ0) is 22.8. The Morgan fingerprint density at radius 1 is 1.23 bits per heavy atom. The number of hydrogen-bond donors (Lipinski definition) is 1. The fourth-order valence-electron chi connectivity index (χ4n) is 3.06. The van der Waals surface area contributed by atoms with Gasteiger partial charge in [-0.3, -0.25) is 4.90 Å². The van der Waals surface area contributed by atoms with E-state index in [1.165, 1.54) is 30.5 Å². The average molecular weight is 442 g/mol. The summed E-state index contributed by atoms with van der Waals surface area (Å²) in [5, 5.41) is 3.10. The van der Waals surface area contributed by atoms with E-state index >= 15 is 0 Å². The maximum Gasteiger partial charge on any atom is 0.573 e. The second kappa shape index (κ2) is 9.17. The average Bonchev–Trinajstić information content (AvgIpc) is 2.65. The minimum Gasteiger partial charge on any atom is -0.406 e. The maximum absolute atomic E-state index is 13.9. The molecule has 0 radical (unpaired) electrons. The third-order valence-electron chi connectivity index (χ3n) is 5.02. The second-order valence-electron chi connectivity index (χ2n) is 7.32. The molecule has 0 atom stereocenters. The number of allylic oxidation sites excluding steroid dienone is 1. The van der Waals surface area contributed by atoms with E-state index in [0.717, 1.165) is 10.5 Å². The first kappa shape index (κ1) is 22.9. The molecule has 1 aliphatic heterocycles. The molecule has 1 aliphatic rings. The lowest BCUT2D eigenvalue weighted by Gasteiger charge is -2.29. The third-order valence-corrected chi connectivity index (χ3v) is 5.02. The van der Waals surface area contributed by atoms with Crippen molar-refractivity contribution in [3.63, 3.8) is 0 Å². The second-order valence-corrected chi connectivity index (χ2v) is 7.32. The highest BCUT2D eigenvalue weighted by molar-refractivity contribution is 5.70. The number of benzene rings is 1. The molecule has 1 aromatic heterocycles. The van der Waals surface area contributed by atoms with Crippen LogP contribution in [0, 0.1) is 6.92 Å². The van der Waals surface area contributed by atoms with Crippen molar-refractivity contribution in [1.82, 2.24) is 15.3 Å². The first-order valence-corrected chi connectivity index (χ1v) is 9.78. The minimum absolute atomic E-state index is 0.0262. The van der Waals surface area contributed by atoms with Crippen LogP contribution in [0.5, 0.6) is 5.75 Å². The zero-order valence-electron chi connectivity index (χ0n) is 17.3. The van der Waals surface area contributed by atoms with Gasteiger partial charge < -0.3 is 10.1 Å². The van der Waals surface area contributed by atoms with Gasteiger partial charge in [-0.25, -0.2) is 9.97 Å². The van der Waals surface area contributed by atoms with E-state index in [4.69, 9.17) is 0 Å². The van der Waals surface area contributed by atoms with E-state index in [2.05, 4.69) is 20.0 Å². The molecule has 0 bridgehead atoms. The van der Waals surface area contributed by atoms with Gasteiger partial charge in [0.2, 0.25) is 0 Å². The number of halogens is 5. The molecular formula is C21H23F5N4O. The fourth-order valence-corrected chi connectivity index (χ4v) is 3.06. The van der Waals surface area contributed by atoms with E-state index in [0.29, 0.717) is 42.2 Å². The van der Waals surface area contributed by atoms with Crippen LogP contribution in [0.3, 0.4) is 0 Å². The summed E-state index contributed by atoms with van der Waals surface area (Å²) in [6, 6.07) is 5.17. The van der Waals surface area contributed by atoms with E-state index in [-0.39, 0.29) is 17.5 Å². The van der Waals surface area contributed by atoms with Crippen LogP contribution in [-0.2, 0) is 0 Å². The SMILES string of the molecule is CC/C(C)=C/N(c1nc(C2CNC2)nc(-c2ccc(OC(F)(F)F)cc2)c1C)C(F)F. The van der Waals surface area contributed by atoms with Gasteiger partial charge in [-0.2, -0.15) is 8.78 Å². The monoisotopic (exact) mass is 442 g/mol. The smallest absolute Gasteiger partial charge is 0.406 e. The minimum atomic E-state index is -4.80. The zero-order valence-corrected chi connectivity index (χ0v) is 17.3. The van der Waals surface area contributed by atoms with Gasteiger partial charge in [0.15, 0.2) is 0 Å². The summed E-state index contributed by atoms with van der Waals surface area (Å²) in [5.74, 6) is 0.0903. The van der Waals surface area contributed by atoms with E-state index in [1.54, 1.807) is 13.8 Å². The van der Waals surface area contributed by atoms with Crippen LogP contribution in [0.25, 0.3) is 11.3 Å². The largest absolute Gasteiger partial charge is 0.573 e. The summed E-state index contributed by atoms with van der Waals surface area (Å²) in [6.45, 7) is 3.67. The lowest BCUT2D eigenvalue weighted by molar-refractivity contribution is -0.274. The Hall–Kier alpha value is -2.75. The van der Waals surface area contributed by atoms with Crippen molar-refractivity contribution in [3.05, 3.63) is 47.4 Å². The molecule has 2 aromatic rings. The Morgan fingerprint density at radius 2 is 1.87 bits per heavy atom. The van der Waals surface area contributed by atoms with Crippen LogP contribution in [-0.4, -0.2) is 36.0 Å². The van der Waals surface area contributed by atoms with Gasteiger partial charge >= 0.3 is 12.9 Å². The van der Waals surface area contributed by atoms with Crippen molar-refractivity contribution < 1.29 is 26.7 Å². The molecule has 3 rings (SSSR count). The number of alkyl halides is 5. The molecule has 0 saturated carbocycles. The summed E-state index contributed by atoms with van der Waals surface area (Å²) in [7, 11) is 0. The number of nitrogens with one attached hydrogen (secondary N) is 1. The van der Waals surface area contributed by atoms with Crippen molar-refractivity contribution in [2.24, 2.45) is 0 Å². The molecule has 1 aromatic carbocycles. The Labute approximate surface area is 176 Å². The summed E-state index contributed by atoms with van der Waals surface area (Å²) in [6.07, 6.45) is -2.84. The quantitative estimate of drug-likeness (QED) is 0.461. The molecule has 31 heavy (non-hydrogen) atoms. The lowest BCUT2D eigenvalue weighted by Crippen LogP contribution is -2.41. The molecule has 168 valence electrons. The summed E-state index contributed by atoms with van der Waals surface area (Å²) in [4.78, 5) is 9.81. The summed E-state index contributed by atoms with van der Waals surface area (Å²) >= 11 is 0. The van der Waals surface area contributed by atoms with Crippen LogP contribution >= 0.6 is 0 Å². The van der Waals surface area contributed by atoms with Crippen molar-refractivity contribution in [1.29, 1.82) is 0 Å². The molecule has 1 saturated heterocycles. The molecule has 10 heteroatoms. The standard InChI is InChI=1S/C21H23F5N4O/c1-4-12(2)11-30(20(22)23)19-13(3)17(28-18(29-19)15-9-27-10-15)14-5-7-16(8-6-14)31-21(24,25)26/h5-8,11,15,20,27H,4,9-10H2,1-3H3/b12-11+. The van der Waals surface area contributed by atoms with Crippen molar-refractivity contribution in [2.45, 2.75) is 46.0 Å². The molecule has 5 nitrogen and oxygen atoms in total. The van der Waals surface area contributed by atoms with E-state index in [9.17, 15) is 22.0 Å². The van der Waals surface area contributed by atoms with Gasteiger partial charge in [0.1, 0.15) is 17.4 Å². The number of hydrogen-bond acceptors (Lipinski definition) is 5. The van der Waals surface area contributed by atoms with Crippen LogP contribution < -0.4 is 15.0 Å². The number of anilines is 1. The molecule has 0 spiro atoms. The summed E-state index contributed by atoms with van der Waals surface area (Å²) < 4.78 is 69.1. The van der Waals surface area contributed by atoms with Crippen LogP contribution in [0.2, 0.25) is 0 Å². The predicted octanol–water partition coefficient (Wildman–Crippen LogP) is 5.38. The van der Waals surface area contributed by atoms with E-state index < -0.39 is 12.9 Å². The van der Waals surface area contributed by atoms with Gasteiger partial charge in [-0.1, -0.05) is 12.5 Å². The highest BCUT2D eigenvalue weighted by Gasteiger charge is 2.31. The van der Waals surface area contributed by atoms with Gasteiger partial charge in [-0.15, -0.1) is 13.2 Å². The first-order chi connectivity index (χ1) is 14.6. The normalized spacial score (nSPS) is 15.2. The highest BCUT2D eigenvalue weighted by atomic mass is 19.4. The topological polar surface area (TPSA) is 50.3 Å². The molecule has 0 amide bonds. The number of ether oxygens (including phenoxy) is 1. The maximum atomic E-state index is 13.9. The van der Waals surface area contributed by atoms with Crippen LogP contribution in [0.4, 0.5) is 27.8 Å². The molecular weight excluding hydrogens is 419 g/mol.